The van der Waals surface area contributed by atoms with E-state index in [2.05, 4.69) is 42.5 Å². The number of benzene rings is 2. The number of anilines is 3. The maximum absolute atomic E-state index is 6.24. The van der Waals surface area contributed by atoms with E-state index in [1.807, 2.05) is 43.3 Å². The van der Waals surface area contributed by atoms with Crippen LogP contribution in [-0.4, -0.2) is 16.0 Å². The Balaban J connectivity index is 1.99. The van der Waals surface area contributed by atoms with Crippen molar-refractivity contribution in [3.8, 4) is 0 Å². The SMILES string of the molecule is CCC(Nc1nc(Nc2ccc(C)c(Cl)c2)nc2ccccc12)C(C)C. The van der Waals surface area contributed by atoms with Crippen LogP contribution in [0.5, 0.6) is 0 Å². The van der Waals surface area contributed by atoms with Crippen LogP contribution in [0.3, 0.4) is 0 Å². The van der Waals surface area contributed by atoms with Crippen molar-refractivity contribution < 1.29 is 0 Å². The highest BCUT2D eigenvalue weighted by Crippen LogP contribution is 2.27. The zero-order valence-corrected chi connectivity index (χ0v) is 16.4. The third-order valence-corrected chi connectivity index (χ3v) is 5.01. The normalized spacial score (nSPS) is 12.4. The number of nitrogens with zero attached hydrogens (tertiary/aromatic N) is 2. The molecule has 2 aromatic carbocycles. The molecule has 4 nitrogen and oxygen atoms in total. The first kappa shape index (κ1) is 18.5. The van der Waals surface area contributed by atoms with Gasteiger partial charge in [0.1, 0.15) is 5.82 Å². The van der Waals surface area contributed by atoms with Gasteiger partial charge in [-0.25, -0.2) is 4.98 Å². The molecule has 2 N–H and O–H groups in total. The van der Waals surface area contributed by atoms with Crippen LogP contribution in [0.2, 0.25) is 5.02 Å². The summed E-state index contributed by atoms with van der Waals surface area (Å²) in [6.07, 6.45) is 1.03. The summed E-state index contributed by atoms with van der Waals surface area (Å²) in [4.78, 5) is 9.40. The predicted octanol–water partition coefficient (Wildman–Crippen LogP) is 6.18. The van der Waals surface area contributed by atoms with Gasteiger partial charge < -0.3 is 10.6 Å². The summed E-state index contributed by atoms with van der Waals surface area (Å²) < 4.78 is 0. The van der Waals surface area contributed by atoms with Crippen LogP contribution < -0.4 is 10.6 Å². The summed E-state index contributed by atoms with van der Waals surface area (Å²) in [7, 11) is 0. The molecule has 0 amide bonds. The molecule has 0 aliphatic rings. The van der Waals surface area contributed by atoms with Crippen LogP contribution in [0, 0.1) is 12.8 Å². The number of rotatable bonds is 6. The Hall–Kier alpha value is -2.33. The molecule has 0 radical (unpaired) electrons. The highest BCUT2D eigenvalue weighted by Gasteiger charge is 2.15. The first-order chi connectivity index (χ1) is 12.5. The van der Waals surface area contributed by atoms with Crippen molar-refractivity contribution in [3.63, 3.8) is 0 Å². The lowest BCUT2D eigenvalue weighted by molar-refractivity contribution is 0.510. The molecular weight excluding hydrogens is 344 g/mol. The van der Waals surface area contributed by atoms with Gasteiger partial charge in [-0.2, -0.15) is 4.98 Å². The summed E-state index contributed by atoms with van der Waals surface area (Å²) in [6, 6.07) is 14.3. The van der Waals surface area contributed by atoms with E-state index in [1.165, 1.54) is 0 Å². The fourth-order valence-corrected chi connectivity index (χ4v) is 3.14. The van der Waals surface area contributed by atoms with E-state index in [9.17, 15) is 0 Å². The minimum atomic E-state index is 0.356. The van der Waals surface area contributed by atoms with Gasteiger partial charge in [0.15, 0.2) is 0 Å². The molecule has 0 bridgehead atoms. The van der Waals surface area contributed by atoms with Gasteiger partial charge in [-0.3, -0.25) is 0 Å². The zero-order valence-electron chi connectivity index (χ0n) is 15.7. The van der Waals surface area contributed by atoms with Gasteiger partial charge >= 0.3 is 0 Å². The second kappa shape index (κ2) is 7.92. The van der Waals surface area contributed by atoms with Crippen molar-refractivity contribution in [3.05, 3.63) is 53.1 Å². The Kier molecular flexibility index (Phi) is 5.62. The molecule has 0 saturated carbocycles. The van der Waals surface area contributed by atoms with Gasteiger partial charge in [-0.05, 0) is 49.1 Å². The second-order valence-electron chi connectivity index (χ2n) is 6.91. The standard InChI is InChI=1S/C21H25ClN4/c1-5-18(13(2)3)24-20-16-8-6-7-9-19(16)25-21(26-20)23-15-11-10-14(4)17(22)12-15/h6-13,18H,5H2,1-4H3,(H2,23,24,25,26). The molecular formula is C21H25ClN4. The van der Waals surface area contributed by atoms with E-state index < -0.39 is 0 Å². The van der Waals surface area contributed by atoms with Gasteiger partial charge in [0.2, 0.25) is 5.95 Å². The number of nitrogens with one attached hydrogen (secondary N) is 2. The molecule has 1 aromatic heterocycles. The van der Waals surface area contributed by atoms with Gasteiger partial charge in [0.25, 0.3) is 0 Å². The average Bonchev–Trinajstić information content (AvgIpc) is 2.62. The number of aryl methyl sites for hydroxylation is 1. The van der Waals surface area contributed by atoms with E-state index >= 15 is 0 Å². The number of hydrogen-bond acceptors (Lipinski definition) is 4. The van der Waals surface area contributed by atoms with E-state index in [4.69, 9.17) is 16.6 Å². The summed E-state index contributed by atoms with van der Waals surface area (Å²) in [5, 5.41) is 8.63. The average molecular weight is 369 g/mol. The lowest BCUT2D eigenvalue weighted by Gasteiger charge is -2.22. The molecule has 3 aromatic rings. The van der Waals surface area contributed by atoms with Crippen LogP contribution >= 0.6 is 11.6 Å². The quantitative estimate of drug-likeness (QED) is 0.545. The second-order valence-corrected chi connectivity index (χ2v) is 7.31. The molecule has 1 heterocycles. The zero-order chi connectivity index (χ0) is 18.7. The molecule has 0 aliphatic heterocycles. The lowest BCUT2D eigenvalue weighted by atomic mass is 10.0. The molecule has 0 saturated heterocycles. The first-order valence-electron chi connectivity index (χ1n) is 9.04. The third kappa shape index (κ3) is 4.07. The number of aromatic nitrogens is 2. The van der Waals surface area contributed by atoms with Crippen LogP contribution in [-0.2, 0) is 0 Å². The highest BCUT2D eigenvalue weighted by molar-refractivity contribution is 6.31. The monoisotopic (exact) mass is 368 g/mol. The van der Waals surface area contributed by atoms with Crippen molar-refractivity contribution in [2.75, 3.05) is 10.6 Å². The van der Waals surface area contributed by atoms with Crippen molar-refractivity contribution >= 4 is 40.0 Å². The Labute approximate surface area is 160 Å². The van der Waals surface area contributed by atoms with Gasteiger partial charge in [-0.15, -0.1) is 0 Å². The van der Waals surface area contributed by atoms with Gasteiger partial charge in [0.05, 0.1) is 5.52 Å². The van der Waals surface area contributed by atoms with Crippen LogP contribution in [0.15, 0.2) is 42.5 Å². The molecule has 0 fully saturated rings. The van der Waals surface area contributed by atoms with Crippen molar-refractivity contribution in [2.24, 2.45) is 5.92 Å². The Morgan fingerprint density at radius 1 is 1.08 bits per heavy atom. The van der Waals surface area contributed by atoms with Crippen LogP contribution in [0.4, 0.5) is 17.5 Å². The molecule has 5 heteroatoms. The first-order valence-corrected chi connectivity index (χ1v) is 9.42. The molecule has 1 unspecified atom stereocenters. The van der Waals surface area contributed by atoms with Crippen LogP contribution in [0.1, 0.15) is 32.8 Å². The Morgan fingerprint density at radius 2 is 1.85 bits per heavy atom. The Bertz CT molecular complexity index is 908. The van der Waals surface area contributed by atoms with Crippen molar-refractivity contribution in [2.45, 2.75) is 40.2 Å². The smallest absolute Gasteiger partial charge is 0.229 e. The Morgan fingerprint density at radius 3 is 2.54 bits per heavy atom. The maximum Gasteiger partial charge on any atom is 0.229 e. The van der Waals surface area contributed by atoms with E-state index in [1.54, 1.807) is 0 Å². The van der Waals surface area contributed by atoms with E-state index in [0.717, 1.165) is 39.4 Å². The topological polar surface area (TPSA) is 49.8 Å². The molecule has 136 valence electrons. The molecule has 26 heavy (non-hydrogen) atoms. The summed E-state index contributed by atoms with van der Waals surface area (Å²) in [5.41, 5.74) is 2.82. The largest absolute Gasteiger partial charge is 0.366 e. The number of hydrogen-bond donors (Lipinski definition) is 2. The van der Waals surface area contributed by atoms with Crippen molar-refractivity contribution in [1.29, 1.82) is 0 Å². The van der Waals surface area contributed by atoms with Gasteiger partial charge in [0, 0.05) is 22.1 Å². The van der Waals surface area contributed by atoms with Crippen LogP contribution in [0.25, 0.3) is 10.9 Å². The highest BCUT2D eigenvalue weighted by atomic mass is 35.5. The minimum Gasteiger partial charge on any atom is -0.366 e. The molecule has 3 rings (SSSR count). The lowest BCUT2D eigenvalue weighted by Crippen LogP contribution is -2.25. The fraction of sp³-hybridized carbons (Fsp3) is 0.333. The minimum absolute atomic E-state index is 0.356. The van der Waals surface area contributed by atoms with E-state index in [-0.39, 0.29) is 0 Å². The third-order valence-electron chi connectivity index (χ3n) is 4.60. The number of halogens is 1. The maximum atomic E-state index is 6.24. The predicted molar refractivity (Wildman–Crippen MR) is 112 cm³/mol. The molecule has 1 atom stereocenters. The summed E-state index contributed by atoms with van der Waals surface area (Å²) in [5.74, 6) is 1.93. The number of fused-ring (bicyclic) bond motifs is 1. The fourth-order valence-electron chi connectivity index (χ4n) is 2.96. The molecule has 0 spiro atoms. The summed E-state index contributed by atoms with van der Waals surface area (Å²) >= 11 is 6.24. The molecule has 0 aliphatic carbocycles. The van der Waals surface area contributed by atoms with E-state index in [0.29, 0.717) is 17.9 Å². The van der Waals surface area contributed by atoms with Gasteiger partial charge in [-0.1, -0.05) is 50.6 Å². The van der Waals surface area contributed by atoms with Crippen molar-refractivity contribution in [1.82, 2.24) is 9.97 Å². The number of para-hydroxylation sites is 1. The summed E-state index contributed by atoms with van der Waals surface area (Å²) in [6.45, 7) is 8.61.